The molecule has 0 aliphatic carbocycles. The lowest BCUT2D eigenvalue weighted by Crippen LogP contribution is -2.35. The molecule has 0 fully saturated rings. The van der Waals surface area contributed by atoms with E-state index in [4.69, 9.17) is 5.73 Å². The molecule has 0 aromatic heterocycles. The molecule has 4 N–H and O–H groups in total. The van der Waals surface area contributed by atoms with E-state index in [-0.39, 0.29) is 11.7 Å². The molecule has 0 aliphatic heterocycles. The van der Waals surface area contributed by atoms with Gasteiger partial charge < -0.3 is 16.2 Å². The Morgan fingerprint density at radius 1 is 1.65 bits per heavy atom. The molecule has 0 spiro atoms. The summed E-state index contributed by atoms with van der Waals surface area (Å²) in [7, 11) is 0. The molecule has 4 heteroatoms. The topological polar surface area (TPSA) is 75.4 Å². The zero-order valence-corrected chi connectivity index (χ0v) is 9.94. The van der Waals surface area contributed by atoms with Gasteiger partial charge in [0.15, 0.2) is 0 Å². The molecule has 92 valence electrons. The highest BCUT2D eigenvalue weighted by molar-refractivity contribution is 5.96. The SMILES string of the molecule is C=CCC(N)C(=O)Nc1cc(CC)ccc1O. The van der Waals surface area contributed by atoms with E-state index in [0.29, 0.717) is 12.1 Å². The van der Waals surface area contributed by atoms with Crippen LogP contribution in [-0.2, 0) is 11.2 Å². The number of aromatic hydroxyl groups is 1. The van der Waals surface area contributed by atoms with Crippen LogP contribution in [0.1, 0.15) is 18.9 Å². The summed E-state index contributed by atoms with van der Waals surface area (Å²) in [6.45, 7) is 5.53. The van der Waals surface area contributed by atoms with Gasteiger partial charge in [0.2, 0.25) is 5.91 Å². The molecule has 1 unspecified atom stereocenters. The minimum atomic E-state index is -0.641. The Kier molecular flexibility index (Phi) is 4.72. The number of nitrogens with two attached hydrogens (primary N) is 1. The van der Waals surface area contributed by atoms with Crippen molar-refractivity contribution in [3.05, 3.63) is 36.4 Å². The molecule has 0 bridgehead atoms. The maximum absolute atomic E-state index is 11.7. The first-order valence-corrected chi connectivity index (χ1v) is 5.57. The van der Waals surface area contributed by atoms with Crippen LogP contribution in [0.5, 0.6) is 5.75 Å². The highest BCUT2D eigenvalue weighted by Crippen LogP contribution is 2.24. The van der Waals surface area contributed by atoms with Crippen molar-refractivity contribution in [1.82, 2.24) is 0 Å². The van der Waals surface area contributed by atoms with Crippen LogP contribution in [0.4, 0.5) is 5.69 Å². The number of carbonyl (C=O) groups excluding carboxylic acids is 1. The normalized spacial score (nSPS) is 11.9. The van der Waals surface area contributed by atoms with Crippen molar-refractivity contribution in [2.75, 3.05) is 5.32 Å². The Bertz CT molecular complexity index is 416. The fraction of sp³-hybridized carbons (Fsp3) is 0.308. The first kappa shape index (κ1) is 13.3. The van der Waals surface area contributed by atoms with Gasteiger partial charge >= 0.3 is 0 Å². The monoisotopic (exact) mass is 234 g/mol. The second-order valence-corrected chi connectivity index (χ2v) is 3.83. The molecule has 1 rings (SSSR count). The van der Waals surface area contributed by atoms with Crippen LogP contribution >= 0.6 is 0 Å². The van der Waals surface area contributed by atoms with Gasteiger partial charge in [-0.25, -0.2) is 0 Å². The molecule has 1 aromatic rings. The number of nitrogens with one attached hydrogen (secondary N) is 1. The molecule has 1 atom stereocenters. The van der Waals surface area contributed by atoms with Gasteiger partial charge in [-0.2, -0.15) is 0 Å². The van der Waals surface area contributed by atoms with E-state index in [1.54, 1.807) is 18.2 Å². The predicted octanol–water partition coefficient (Wildman–Crippen LogP) is 1.80. The van der Waals surface area contributed by atoms with E-state index in [0.717, 1.165) is 12.0 Å². The highest BCUT2D eigenvalue weighted by atomic mass is 16.3. The maximum Gasteiger partial charge on any atom is 0.241 e. The van der Waals surface area contributed by atoms with Crippen molar-refractivity contribution in [3.8, 4) is 5.75 Å². The van der Waals surface area contributed by atoms with Crippen LogP contribution in [0.3, 0.4) is 0 Å². The van der Waals surface area contributed by atoms with Crippen molar-refractivity contribution in [1.29, 1.82) is 0 Å². The van der Waals surface area contributed by atoms with Crippen molar-refractivity contribution in [2.24, 2.45) is 5.73 Å². The van der Waals surface area contributed by atoms with E-state index in [2.05, 4.69) is 11.9 Å². The van der Waals surface area contributed by atoms with Crippen LogP contribution in [0.15, 0.2) is 30.9 Å². The molecule has 1 aromatic carbocycles. The molecule has 17 heavy (non-hydrogen) atoms. The van der Waals surface area contributed by atoms with Gasteiger partial charge in [0.05, 0.1) is 11.7 Å². The summed E-state index contributed by atoms with van der Waals surface area (Å²) in [6, 6.07) is 4.48. The minimum Gasteiger partial charge on any atom is -0.506 e. The largest absolute Gasteiger partial charge is 0.506 e. The quantitative estimate of drug-likeness (QED) is 0.537. The van der Waals surface area contributed by atoms with Crippen LogP contribution in [-0.4, -0.2) is 17.1 Å². The number of aryl methyl sites for hydroxylation is 1. The van der Waals surface area contributed by atoms with Crippen molar-refractivity contribution >= 4 is 11.6 Å². The van der Waals surface area contributed by atoms with E-state index in [1.807, 2.05) is 13.0 Å². The van der Waals surface area contributed by atoms with Gasteiger partial charge in [-0.1, -0.05) is 19.1 Å². The number of hydrogen-bond donors (Lipinski definition) is 3. The highest BCUT2D eigenvalue weighted by Gasteiger charge is 2.13. The fourth-order valence-electron chi connectivity index (χ4n) is 1.42. The summed E-state index contributed by atoms with van der Waals surface area (Å²) in [5, 5.41) is 12.2. The van der Waals surface area contributed by atoms with E-state index in [9.17, 15) is 9.90 Å². The predicted molar refractivity (Wildman–Crippen MR) is 68.9 cm³/mol. The molecular formula is C13H18N2O2. The van der Waals surface area contributed by atoms with Crippen LogP contribution < -0.4 is 11.1 Å². The number of rotatable bonds is 5. The van der Waals surface area contributed by atoms with E-state index >= 15 is 0 Å². The van der Waals surface area contributed by atoms with Gasteiger partial charge in [-0.05, 0) is 30.5 Å². The number of anilines is 1. The minimum absolute atomic E-state index is 0.0429. The van der Waals surface area contributed by atoms with Gasteiger partial charge in [0, 0.05) is 0 Å². The van der Waals surface area contributed by atoms with E-state index in [1.165, 1.54) is 0 Å². The average molecular weight is 234 g/mol. The Labute approximate surface area is 101 Å². The van der Waals surface area contributed by atoms with Crippen LogP contribution in [0.2, 0.25) is 0 Å². The summed E-state index contributed by atoms with van der Waals surface area (Å²) in [5.74, 6) is -0.283. The number of amides is 1. The summed E-state index contributed by atoms with van der Waals surface area (Å²) >= 11 is 0. The molecule has 0 heterocycles. The number of phenols is 1. The second kappa shape index (κ2) is 6.06. The van der Waals surface area contributed by atoms with E-state index < -0.39 is 6.04 Å². The van der Waals surface area contributed by atoms with Gasteiger partial charge in [-0.3, -0.25) is 4.79 Å². The summed E-state index contributed by atoms with van der Waals surface area (Å²) in [6.07, 6.45) is 2.83. The van der Waals surface area contributed by atoms with Gasteiger partial charge in [0.25, 0.3) is 0 Å². The molecule has 0 saturated heterocycles. The standard InChI is InChI=1S/C13H18N2O2/c1-3-5-10(14)13(17)15-11-8-9(4-2)6-7-12(11)16/h3,6-8,10,16H,1,4-5,14H2,2H3,(H,15,17). The van der Waals surface area contributed by atoms with Gasteiger partial charge in [-0.15, -0.1) is 6.58 Å². The summed E-state index contributed by atoms with van der Waals surface area (Å²) in [5.41, 5.74) is 7.07. The van der Waals surface area contributed by atoms with Crippen LogP contribution in [0.25, 0.3) is 0 Å². The molecule has 1 amide bonds. The zero-order chi connectivity index (χ0) is 12.8. The molecule has 0 saturated carbocycles. The van der Waals surface area contributed by atoms with Crippen molar-refractivity contribution in [3.63, 3.8) is 0 Å². The second-order valence-electron chi connectivity index (χ2n) is 3.83. The fourth-order valence-corrected chi connectivity index (χ4v) is 1.42. The Balaban J connectivity index is 2.80. The third-order valence-electron chi connectivity index (χ3n) is 2.48. The van der Waals surface area contributed by atoms with Crippen LogP contribution in [0, 0.1) is 0 Å². The smallest absolute Gasteiger partial charge is 0.241 e. The Morgan fingerprint density at radius 2 is 2.35 bits per heavy atom. The zero-order valence-electron chi connectivity index (χ0n) is 9.94. The number of carbonyl (C=O) groups is 1. The molecule has 0 aliphatic rings. The molecular weight excluding hydrogens is 216 g/mol. The Morgan fingerprint density at radius 3 is 2.94 bits per heavy atom. The Hall–Kier alpha value is -1.81. The summed E-state index contributed by atoms with van der Waals surface area (Å²) in [4.78, 5) is 11.7. The molecule has 0 radical (unpaired) electrons. The van der Waals surface area contributed by atoms with Gasteiger partial charge in [0.1, 0.15) is 5.75 Å². The summed E-state index contributed by atoms with van der Waals surface area (Å²) < 4.78 is 0. The van der Waals surface area contributed by atoms with Crippen molar-refractivity contribution < 1.29 is 9.90 Å². The first-order chi connectivity index (χ1) is 8.08. The number of benzene rings is 1. The first-order valence-electron chi connectivity index (χ1n) is 5.57. The lowest BCUT2D eigenvalue weighted by Gasteiger charge is -2.12. The maximum atomic E-state index is 11.7. The third-order valence-corrected chi connectivity index (χ3v) is 2.48. The van der Waals surface area contributed by atoms with Crippen molar-refractivity contribution in [2.45, 2.75) is 25.8 Å². The lowest BCUT2D eigenvalue weighted by atomic mass is 10.1. The average Bonchev–Trinajstić information content (AvgIpc) is 2.32. The molecule has 4 nitrogen and oxygen atoms in total. The number of hydrogen-bond acceptors (Lipinski definition) is 3. The number of phenolic OH excluding ortho intramolecular Hbond substituents is 1. The lowest BCUT2D eigenvalue weighted by molar-refractivity contribution is -0.117. The third kappa shape index (κ3) is 3.60.